The van der Waals surface area contributed by atoms with Crippen LogP contribution in [0.2, 0.25) is 0 Å². The van der Waals surface area contributed by atoms with Gasteiger partial charge in [-0.05, 0) is 39.5 Å². The molecule has 0 spiro atoms. The predicted octanol–water partition coefficient (Wildman–Crippen LogP) is 2.52. The van der Waals surface area contributed by atoms with Gasteiger partial charge in [-0.1, -0.05) is 0 Å². The fourth-order valence-corrected chi connectivity index (χ4v) is 3.69. The van der Waals surface area contributed by atoms with Crippen LogP contribution in [-0.4, -0.2) is 50.0 Å². The maximum Gasteiger partial charge on any atom is 0.132 e. The zero-order valence-electron chi connectivity index (χ0n) is 15.1. The highest BCUT2D eigenvalue weighted by Crippen LogP contribution is 2.35. The summed E-state index contributed by atoms with van der Waals surface area (Å²) < 4.78 is 0. The van der Waals surface area contributed by atoms with E-state index in [1.165, 1.54) is 25.7 Å². The van der Waals surface area contributed by atoms with E-state index < -0.39 is 0 Å². The topological polar surface area (TPSA) is 58.0 Å². The summed E-state index contributed by atoms with van der Waals surface area (Å²) in [5.41, 5.74) is 3.09. The number of aromatic nitrogens is 4. The summed E-state index contributed by atoms with van der Waals surface area (Å²) >= 11 is 0. The molecule has 1 aliphatic heterocycles. The molecular weight excluding hydrogens is 312 g/mol. The quantitative estimate of drug-likeness (QED) is 0.835. The molecule has 25 heavy (non-hydrogen) atoms. The third kappa shape index (κ3) is 3.95. The highest BCUT2D eigenvalue weighted by atomic mass is 15.3. The predicted molar refractivity (Wildman–Crippen MR) is 97.3 cm³/mol. The lowest BCUT2D eigenvalue weighted by atomic mass is 10.0. The van der Waals surface area contributed by atoms with E-state index >= 15 is 0 Å². The lowest BCUT2D eigenvalue weighted by Gasteiger charge is -2.39. The number of likely N-dealkylation sites (tertiary alicyclic amines) is 1. The van der Waals surface area contributed by atoms with Crippen LogP contribution in [-0.2, 0) is 6.54 Å². The second kappa shape index (κ2) is 7.04. The summed E-state index contributed by atoms with van der Waals surface area (Å²) in [6.45, 7) is 7.13. The minimum atomic E-state index is 0.585. The molecule has 0 N–H and O–H groups in total. The molecule has 2 aromatic rings. The molecule has 1 saturated carbocycles. The lowest BCUT2D eigenvalue weighted by molar-refractivity contribution is 0.198. The zero-order chi connectivity index (χ0) is 17.2. The highest BCUT2D eigenvalue weighted by molar-refractivity contribution is 5.43. The van der Waals surface area contributed by atoms with Crippen LogP contribution >= 0.6 is 0 Å². The molecule has 2 aromatic heterocycles. The third-order valence-electron chi connectivity index (χ3n) is 5.16. The summed E-state index contributed by atoms with van der Waals surface area (Å²) in [4.78, 5) is 22.7. The average Bonchev–Trinajstić information content (AvgIpc) is 3.44. The van der Waals surface area contributed by atoms with Gasteiger partial charge < -0.3 is 4.90 Å². The van der Waals surface area contributed by atoms with E-state index in [2.05, 4.69) is 35.8 Å². The molecule has 0 atom stereocenters. The molecule has 3 heterocycles. The van der Waals surface area contributed by atoms with Crippen LogP contribution < -0.4 is 4.90 Å². The number of rotatable bonds is 5. The molecule has 132 valence electrons. The molecule has 6 heteroatoms. The Labute approximate surface area is 149 Å². The molecule has 0 unspecified atom stereocenters. The van der Waals surface area contributed by atoms with Crippen LogP contribution in [0.25, 0.3) is 0 Å². The standard InChI is InChI=1S/C19H26N6/c1-14-9-19(23-13-22-14)25(17-3-4-17)18-5-7-24(8-6-18)12-16-11-20-15(2)10-21-16/h9-11,13,17-18H,3-8,12H2,1-2H3. The van der Waals surface area contributed by atoms with Crippen molar-refractivity contribution in [2.45, 2.75) is 58.2 Å². The minimum Gasteiger partial charge on any atom is -0.350 e. The van der Waals surface area contributed by atoms with Gasteiger partial charge in [0.2, 0.25) is 0 Å². The number of hydrogen-bond acceptors (Lipinski definition) is 6. The molecule has 0 radical (unpaired) electrons. The fourth-order valence-electron chi connectivity index (χ4n) is 3.69. The van der Waals surface area contributed by atoms with Crippen LogP contribution in [0.3, 0.4) is 0 Å². The molecule has 6 nitrogen and oxygen atoms in total. The van der Waals surface area contributed by atoms with E-state index in [1.54, 1.807) is 6.33 Å². The minimum absolute atomic E-state index is 0.585. The molecule has 2 fully saturated rings. The van der Waals surface area contributed by atoms with Crippen molar-refractivity contribution in [2.24, 2.45) is 0 Å². The van der Waals surface area contributed by atoms with Crippen LogP contribution in [0, 0.1) is 13.8 Å². The number of piperidine rings is 1. The molecule has 0 bridgehead atoms. The van der Waals surface area contributed by atoms with E-state index in [9.17, 15) is 0 Å². The largest absolute Gasteiger partial charge is 0.350 e. The van der Waals surface area contributed by atoms with Crippen molar-refractivity contribution in [3.63, 3.8) is 0 Å². The smallest absolute Gasteiger partial charge is 0.132 e. The Morgan fingerprint density at radius 2 is 1.68 bits per heavy atom. The molecular formula is C19H26N6. The summed E-state index contributed by atoms with van der Waals surface area (Å²) in [5, 5.41) is 0. The van der Waals surface area contributed by atoms with Crippen molar-refractivity contribution in [1.29, 1.82) is 0 Å². The summed E-state index contributed by atoms with van der Waals surface area (Å²) in [7, 11) is 0. The Kier molecular flexibility index (Phi) is 4.61. The first-order valence-corrected chi connectivity index (χ1v) is 9.26. The van der Waals surface area contributed by atoms with E-state index in [0.717, 1.165) is 42.5 Å². The first kappa shape index (κ1) is 16.4. The summed E-state index contributed by atoms with van der Waals surface area (Å²) in [6.07, 6.45) is 10.4. The van der Waals surface area contributed by atoms with Crippen LogP contribution in [0.4, 0.5) is 5.82 Å². The monoisotopic (exact) mass is 338 g/mol. The van der Waals surface area contributed by atoms with Gasteiger partial charge >= 0.3 is 0 Å². The van der Waals surface area contributed by atoms with Crippen LogP contribution in [0.15, 0.2) is 24.8 Å². The van der Waals surface area contributed by atoms with Gasteiger partial charge in [0.1, 0.15) is 12.1 Å². The molecule has 0 aromatic carbocycles. The lowest BCUT2D eigenvalue weighted by Crippen LogP contribution is -2.46. The van der Waals surface area contributed by atoms with Crippen molar-refractivity contribution >= 4 is 5.82 Å². The summed E-state index contributed by atoms with van der Waals surface area (Å²) in [6, 6.07) is 3.39. The average molecular weight is 338 g/mol. The van der Waals surface area contributed by atoms with Crippen molar-refractivity contribution in [1.82, 2.24) is 24.8 Å². The number of anilines is 1. The SMILES string of the molecule is Cc1cnc(CN2CCC(N(c3cc(C)ncn3)C3CC3)CC2)cn1. The number of nitrogens with zero attached hydrogens (tertiary/aromatic N) is 6. The number of hydrogen-bond donors (Lipinski definition) is 0. The maximum atomic E-state index is 4.55. The van der Waals surface area contributed by atoms with Crippen molar-refractivity contribution in [3.8, 4) is 0 Å². The Bertz CT molecular complexity index is 704. The molecule has 1 aliphatic carbocycles. The van der Waals surface area contributed by atoms with E-state index in [1.807, 2.05) is 26.2 Å². The van der Waals surface area contributed by atoms with Crippen molar-refractivity contribution in [3.05, 3.63) is 41.9 Å². The highest BCUT2D eigenvalue weighted by Gasteiger charge is 2.36. The van der Waals surface area contributed by atoms with E-state index in [-0.39, 0.29) is 0 Å². The third-order valence-corrected chi connectivity index (χ3v) is 5.16. The van der Waals surface area contributed by atoms with Gasteiger partial charge in [-0.25, -0.2) is 9.97 Å². The van der Waals surface area contributed by atoms with Crippen LogP contribution in [0.5, 0.6) is 0 Å². The van der Waals surface area contributed by atoms with Crippen LogP contribution in [0.1, 0.15) is 42.8 Å². The van der Waals surface area contributed by atoms with Gasteiger partial charge in [0.05, 0.1) is 11.4 Å². The Hall–Kier alpha value is -2.08. The summed E-state index contributed by atoms with van der Waals surface area (Å²) in [5.74, 6) is 1.11. The van der Waals surface area contributed by atoms with Gasteiger partial charge in [-0.3, -0.25) is 14.9 Å². The maximum absolute atomic E-state index is 4.55. The van der Waals surface area contributed by atoms with Crippen molar-refractivity contribution < 1.29 is 0 Å². The Morgan fingerprint density at radius 1 is 0.920 bits per heavy atom. The van der Waals surface area contributed by atoms with E-state index in [4.69, 9.17) is 0 Å². The van der Waals surface area contributed by atoms with Gasteiger partial charge in [-0.15, -0.1) is 0 Å². The second-order valence-electron chi connectivity index (χ2n) is 7.31. The van der Waals surface area contributed by atoms with Gasteiger partial charge in [-0.2, -0.15) is 0 Å². The second-order valence-corrected chi connectivity index (χ2v) is 7.31. The first-order valence-electron chi connectivity index (χ1n) is 9.26. The van der Waals surface area contributed by atoms with Gasteiger partial charge in [0, 0.05) is 55.9 Å². The first-order chi connectivity index (χ1) is 12.2. The Morgan fingerprint density at radius 3 is 2.32 bits per heavy atom. The number of aryl methyl sites for hydroxylation is 2. The van der Waals surface area contributed by atoms with Crippen molar-refractivity contribution in [2.75, 3.05) is 18.0 Å². The van der Waals surface area contributed by atoms with Gasteiger partial charge in [0.15, 0.2) is 0 Å². The zero-order valence-corrected chi connectivity index (χ0v) is 15.1. The fraction of sp³-hybridized carbons (Fsp3) is 0.579. The molecule has 4 rings (SSSR count). The normalized spacial score (nSPS) is 19.1. The van der Waals surface area contributed by atoms with E-state index in [0.29, 0.717) is 12.1 Å². The molecule has 1 saturated heterocycles. The van der Waals surface area contributed by atoms with Gasteiger partial charge in [0.25, 0.3) is 0 Å². The Balaban J connectivity index is 1.39. The molecule has 0 amide bonds. The molecule has 2 aliphatic rings.